The Morgan fingerprint density at radius 2 is 1.59 bits per heavy atom. The fourth-order valence-electron chi connectivity index (χ4n) is 4.02. The van der Waals surface area contributed by atoms with E-state index in [1.165, 1.54) is 6.92 Å². The average molecular weight is 575 g/mol. The molecule has 32 heavy (non-hydrogen) atoms. The van der Waals surface area contributed by atoms with Crippen LogP contribution in [0.5, 0.6) is 0 Å². The molecular formula is C23H19BF3IKNO2. The number of fused-ring (bicyclic) bond motifs is 3. The molecule has 0 fully saturated rings. The summed E-state index contributed by atoms with van der Waals surface area (Å²) in [6.45, 7) is -3.55. The summed E-state index contributed by atoms with van der Waals surface area (Å²) in [5.41, 5.74) is 4.42. The number of rotatable bonds is 5. The van der Waals surface area contributed by atoms with Crippen molar-refractivity contribution in [1.82, 2.24) is 5.32 Å². The van der Waals surface area contributed by atoms with Gasteiger partial charge in [-0.15, -0.1) is 5.46 Å². The van der Waals surface area contributed by atoms with Gasteiger partial charge >= 0.3 is 64.5 Å². The topological polar surface area (TPSA) is 38.3 Å². The van der Waals surface area contributed by atoms with Crippen LogP contribution in [0.2, 0.25) is 0 Å². The van der Waals surface area contributed by atoms with Crippen LogP contribution in [0.3, 0.4) is 0 Å². The van der Waals surface area contributed by atoms with Crippen molar-refractivity contribution < 1.29 is 73.9 Å². The summed E-state index contributed by atoms with van der Waals surface area (Å²) in [6, 6.07) is 18.8. The van der Waals surface area contributed by atoms with E-state index in [1.807, 2.05) is 71.1 Å². The molecule has 0 unspecified atom stereocenters. The standard InChI is InChI=1S/C23H19BF3INO2.K/c1-14-21(24(25,26)27)10-15(11-22(14)28)12-29-23(30)31-13-20-18-8-4-2-6-16(18)17-7-3-5-9-19(17)20;/h2-11,20H,12-13H2,1H3,(H,29,30);/q-1;+1. The van der Waals surface area contributed by atoms with E-state index >= 15 is 0 Å². The molecular weight excluding hydrogens is 556 g/mol. The first-order valence-corrected chi connectivity index (χ1v) is 10.9. The molecule has 160 valence electrons. The van der Waals surface area contributed by atoms with E-state index in [9.17, 15) is 17.7 Å². The van der Waals surface area contributed by atoms with Crippen LogP contribution in [0.15, 0.2) is 60.7 Å². The third-order valence-corrected chi connectivity index (χ3v) is 6.70. The molecule has 9 heteroatoms. The average Bonchev–Trinajstić information content (AvgIpc) is 3.06. The first kappa shape index (κ1) is 25.8. The zero-order valence-corrected chi connectivity index (χ0v) is 23.0. The van der Waals surface area contributed by atoms with Gasteiger partial charge < -0.3 is 23.0 Å². The van der Waals surface area contributed by atoms with Crippen LogP contribution in [0.25, 0.3) is 11.1 Å². The van der Waals surface area contributed by atoms with Gasteiger partial charge in [0.1, 0.15) is 6.61 Å². The summed E-state index contributed by atoms with van der Waals surface area (Å²) in [5, 5.41) is 2.57. The van der Waals surface area contributed by atoms with Gasteiger partial charge in [-0.1, -0.05) is 60.2 Å². The number of benzene rings is 3. The van der Waals surface area contributed by atoms with Crippen LogP contribution in [-0.4, -0.2) is 19.7 Å². The van der Waals surface area contributed by atoms with Gasteiger partial charge in [-0.05, 0) is 63.4 Å². The predicted molar refractivity (Wildman–Crippen MR) is 125 cm³/mol. The molecule has 1 aliphatic rings. The molecule has 0 aliphatic heterocycles. The Kier molecular flexibility index (Phi) is 8.54. The van der Waals surface area contributed by atoms with Crippen LogP contribution in [0, 0.1) is 10.5 Å². The number of hydrogen-bond donors (Lipinski definition) is 1. The molecule has 4 rings (SSSR count). The van der Waals surface area contributed by atoms with Crippen LogP contribution in [-0.2, 0) is 11.3 Å². The molecule has 0 radical (unpaired) electrons. The van der Waals surface area contributed by atoms with Crippen molar-refractivity contribution in [1.29, 1.82) is 0 Å². The zero-order chi connectivity index (χ0) is 22.2. The molecule has 0 saturated carbocycles. The van der Waals surface area contributed by atoms with Crippen molar-refractivity contribution >= 4 is 41.1 Å². The fourth-order valence-corrected chi connectivity index (χ4v) is 4.74. The van der Waals surface area contributed by atoms with E-state index in [0.29, 0.717) is 9.13 Å². The summed E-state index contributed by atoms with van der Waals surface area (Å²) >= 11 is 1.88. The van der Waals surface area contributed by atoms with Crippen molar-refractivity contribution in [3.05, 3.63) is 86.5 Å². The van der Waals surface area contributed by atoms with Crippen molar-refractivity contribution in [2.75, 3.05) is 6.61 Å². The van der Waals surface area contributed by atoms with E-state index in [4.69, 9.17) is 4.74 Å². The van der Waals surface area contributed by atoms with Gasteiger partial charge in [0.15, 0.2) is 0 Å². The van der Waals surface area contributed by atoms with Gasteiger partial charge in [0.2, 0.25) is 0 Å². The number of alkyl carbamates (subject to hydrolysis) is 1. The first-order valence-electron chi connectivity index (χ1n) is 9.83. The molecule has 0 spiro atoms. The van der Waals surface area contributed by atoms with Crippen LogP contribution in [0.4, 0.5) is 17.7 Å². The summed E-state index contributed by atoms with van der Waals surface area (Å²) in [4.78, 5) is 12.3. The number of carbonyl (C=O) groups excluding carboxylic acids is 1. The van der Waals surface area contributed by atoms with Crippen molar-refractivity contribution in [3.63, 3.8) is 0 Å². The monoisotopic (exact) mass is 575 g/mol. The minimum absolute atomic E-state index is 0. The molecule has 1 amide bonds. The molecule has 0 heterocycles. The minimum Gasteiger partial charge on any atom is -0.449 e. The van der Waals surface area contributed by atoms with E-state index in [0.717, 1.165) is 28.3 Å². The summed E-state index contributed by atoms with van der Waals surface area (Å²) in [5.74, 6) is -0.0713. The van der Waals surface area contributed by atoms with E-state index < -0.39 is 18.5 Å². The third-order valence-electron chi connectivity index (χ3n) is 5.58. The smallest absolute Gasteiger partial charge is 0.449 e. The van der Waals surface area contributed by atoms with E-state index in [1.54, 1.807) is 6.07 Å². The summed E-state index contributed by atoms with van der Waals surface area (Å²) in [6.07, 6.45) is -0.656. The van der Waals surface area contributed by atoms with Gasteiger partial charge in [-0.2, -0.15) is 0 Å². The van der Waals surface area contributed by atoms with Crippen LogP contribution >= 0.6 is 22.6 Å². The van der Waals surface area contributed by atoms with Gasteiger partial charge in [-0.3, -0.25) is 0 Å². The number of amides is 1. The Morgan fingerprint density at radius 3 is 2.16 bits per heavy atom. The van der Waals surface area contributed by atoms with Crippen LogP contribution in [0.1, 0.15) is 28.2 Å². The predicted octanol–water partition coefficient (Wildman–Crippen LogP) is 2.70. The third kappa shape index (κ3) is 5.44. The molecule has 0 saturated heterocycles. The molecule has 3 nitrogen and oxygen atoms in total. The Labute approximate surface area is 241 Å². The molecule has 3 aromatic carbocycles. The number of halogens is 4. The maximum absolute atomic E-state index is 13.3. The minimum atomic E-state index is -5.12. The summed E-state index contributed by atoms with van der Waals surface area (Å²) < 4.78 is 45.8. The van der Waals surface area contributed by atoms with Crippen LogP contribution < -0.4 is 62.2 Å². The fraction of sp³-hybridized carbons (Fsp3) is 0.174. The second-order valence-corrected chi connectivity index (χ2v) is 8.71. The summed E-state index contributed by atoms with van der Waals surface area (Å²) in [7, 11) is 0. The molecule has 0 aromatic heterocycles. The van der Waals surface area contributed by atoms with Gasteiger partial charge in [0.05, 0.1) is 0 Å². The number of nitrogens with one attached hydrogen (secondary N) is 1. The Hall–Kier alpha value is -0.849. The second-order valence-electron chi connectivity index (χ2n) is 7.55. The SMILES string of the molecule is Cc1c(I)cc(CNC(=O)OCC2c3ccccc3-c3ccccc32)cc1[B-](F)(F)F.[K+]. The zero-order valence-electron chi connectivity index (χ0n) is 17.7. The molecule has 0 bridgehead atoms. The first-order chi connectivity index (χ1) is 14.8. The maximum Gasteiger partial charge on any atom is 1.00 e. The number of hydrogen-bond acceptors (Lipinski definition) is 2. The van der Waals surface area contributed by atoms with Crippen molar-refractivity contribution in [2.24, 2.45) is 0 Å². The Balaban J connectivity index is 0.00000289. The Bertz CT molecular complexity index is 1110. The van der Waals surface area contributed by atoms with Gasteiger partial charge in [-0.25, -0.2) is 4.79 Å². The number of carbonyl (C=O) groups is 1. The van der Waals surface area contributed by atoms with Gasteiger partial charge in [0.25, 0.3) is 0 Å². The Morgan fingerprint density at radius 1 is 1.03 bits per heavy atom. The second kappa shape index (κ2) is 10.6. The van der Waals surface area contributed by atoms with Crippen molar-refractivity contribution in [2.45, 2.75) is 19.4 Å². The largest absolute Gasteiger partial charge is 1.00 e. The normalized spacial score (nSPS) is 12.5. The van der Waals surface area contributed by atoms with Crippen molar-refractivity contribution in [3.8, 4) is 11.1 Å². The quantitative estimate of drug-likeness (QED) is 0.376. The number of ether oxygens (including phenoxy) is 1. The van der Waals surface area contributed by atoms with E-state index in [2.05, 4.69) is 5.32 Å². The molecule has 0 atom stereocenters. The molecule has 1 aliphatic carbocycles. The maximum atomic E-state index is 13.3. The molecule has 3 aromatic rings. The van der Waals surface area contributed by atoms with Gasteiger partial charge in [0, 0.05) is 16.0 Å². The molecule has 1 N–H and O–H groups in total. The van der Waals surface area contributed by atoms with E-state index in [-0.39, 0.29) is 76.0 Å².